The van der Waals surface area contributed by atoms with Gasteiger partial charge in [-0.3, -0.25) is 4.79 Å². The van der Waals surface area contributed by atoms with Gasteiger partial charge in [-0.05, 0) is 14.0 Å². The number of likely N-dealkylation sites (N-methyl/N-ethyl adjacent to an activating group) is 1. The molecular weight excluding hydrogens is 238 g/mol. The molecule has 0 unspecified atom stereocenters. The summed E-state index contributed by atoms with van der Waals surface area (Å²) in [5, 5.41) is 0. The summed E-state index contributed by atoms with van der Waals surface area (Å²) in [4.78, 5) is 21.8. The highest BCUT2D eigenvalue weighted by Gasteiger charge is 2.18. The van der Waals surface area contributed by atoms with Crippen molar-refractivity contribution in [3.05, 3.63) is 51.4 Å². The van der Waals surface area contributed by atoms with Crippen LogP contribution < -0.4 is 5.56 Å². The van der Waals surface area contributed by atoms with Gasteiger partial charge in [0, 0.05) is 25.1 Å². The van der Waals surface area contributed by atoms with Crippen LogP contribution in [0.1, 0.15) is 16.8 Å². The Kier molecular flexibility index (Phi) is 2.95. The summed E-state index contributed by atoms with van der Waals surface area (Å²) in [6.45, 7) is 3.69. The molecule has 0 radical (unpaired) electrons. The Labute approximate surface area is 112 Å². The van der Waals surface area contributed by atoms with Crippen LogP contribution in [0.3, 0.4) is 0 Å². The Morgan fingerprint density at radius 1 is 1.26 bits per heavy atom. The Morgan fingerprint density at radius 2 is 2.00 bits per heavy atom. The van der Waals surface area contributed by atoms with Crippen LogP contribution in [0.2, 0.25) is 0 Å². The topological polar surface area (TPSA) is 49.0 Å². The third kappa shape index (κ3) is 2.31. The molecule has 3 rings (SSSR count). The second kappa shape index (κ2) is 4.63. The molecule has 0 saturated carbocycles. The van der Waals surface area contributed by atoms with Crippen LogP contribution in [0.4, 0.5) is 0 Å². The molecule has 98 valence electrons. The largest absolute Gasteiger partial charge is 0.306 e. The number of nitrogens with zero attached hydrogens (tertiary/aromatic N) is 2. The summed E-state index contributed by atoms with van der Waals surface area (Å²) in [5.41, 5.74) is 3.91. The number of H-pyrrole nitrogens is 1. The van der Waals surface area contributed by atoms with Crippen LogP contribution in [-0.2, 0) is 13.0 Å². The summed E-state index contributed by atoms with van der Waals surface area (Å²) in [5.74, 6) is 0.674. The zero-order valence-electron chi connectivity index (χ0n) is 11.2. The SMILES string of the molecule is Cc1ccc(-c2nc3c(c(=O)[nH]2)CN(C)CC3)cc1. The minimum absolute atomic E-state index is 0.00729. The Hall–Kier alpha value is -1.94. The lowest BCUT2D eigenvalue weighted by molar-refractivity contribution is 0.307. The van der Waals surface area contributed by atoms with Crippen molar-refractivity contribution in [2.24, 2.45) is 0 Å². The van der Waals surface area contributed by atoms with Gasteiger partial charge in [0.05, 0.1) is 11.3 Å². The van der Waals surface area contributed by atoms with Crippen molar-refractivity contribution in [3.8, 4) is 11.4 Å². The van der Waals surface area contributed by atoms with Gasteiger partial charge in [0.2, 0.25) is 0 Å². The van der Waals surface area contributed by atoms with Crippen LogP contribution in [0, 0.1) is 6.92 Å². The molecule has 1 aromatic carbocycles. The number of rotatable bonds is 1. The second-order valence-corrected chi connectivity index (χ2v) is 5.19. The molecule has 19 heavy (non-hydrogen) atoms. The maximum absolute atomic E-state index is 12.1. The number of aromatic nitrogens is 2. The summed E-state index contributed by atoms with van der Waals surface area (Å²) >= 11 is 0. The summed E-state index contributed by atoms with van der Waals surface area (Å²) in [6.07, 6.45) is 0.842. The highest BCUT2D eigenvalue weighted by atomic mass is 16.1. The summed E-state index contributed by atoms with van der Waals surface area (Å²) < 4.78 is 0. The van der Waals surface area contributed by atoms with E-state index in [1.165, 1.54) is 5.56 Å². The molecule has 2 heterocycles. The molecule has 1 aliphatic heterocycles. The number of aromatic amines is 1. The van der Waals surface area contributed by atoms with Crippen LogP contribution in [0.15, 0.2) is 29.1 Å². The number of hydrogen-bond acceptors (Lipinski definition) is 3. The summed E-state index contributed by atoms with van der Waals surface area (Å²) in [7, 11) is 2.02. The lowest BCUT2D eigenvalue weighted by Crippen LogP contribution is -2.33. The van der Waals surface area contributed by atoms with Gasteiger partial charge >= 0.3 is 0 Å². The first-order valence-corrected chi connectivity index (χ1v) is 6.51. The van der Waals surface area contributed by atoms with E-state index in [2.05, 4.69) is 14.9 Å². The fourth-order valence-electron chi connectivity index (χ4n) is 2.41. The Morgan fingerprint density at radius 3 is 2.74 bits per heavy atom. The van der Waals surface area contributed by atoms with E-state index in [1.54, 1.807) is 0 Å². The lowest BCUT2D eigenvalue weighted by atomic mass is 10.1. The first-order chi connectivity index (χ1) is 9.13. The van der Waals surface area contributed by atoms with Crippen LogP contribution in [-0.4, -0.2) is 28.5 Å². The van der Waals surface area contributed by atoms with Gasteiger partial charge in [-0.1, -0.05) is 29.8 Å². The number of aryl methyl sites for hydroxylation is 1. The molecule has 4 heteroatoms. The van der Waals surface area contributed by atoms with Gasteiger partial charge in [-0.25, -0.2) is 4.98 Å². The molecule has 2 aromatic rings. The van der Waals surface area contributed by atoms with Crippen molar-refractivity contribution in [3.63, 3.8) is 0 Å². The zero-order chi connectivity index (χ0) is 13.4. The molecule has 1 N–H and O–H groups in total. The third-order valence-electron chi connectivity index (χ3n) is 3.58. The normalized spacial score (nSPS) is 15.3. The molecule has 0 atom stereocenters. The molecule has 0 fully saturated rings. The van der Waals surface area contributed by atoms with Gasteiger partial charge < -0.3 is 9.88 Å². The van der Waals surface area contributed by atoms with Crippen molar-refractivity contribution >= 4 is 0 Å². The van der Waals surface area contributed by atoms with Crippen molar-refractivity contribution in [2.75, 3.05) is 13.6 Å². The van der Waals surface area contributed by atoms with E-state index in [1.807, 2.05) is 38.2 Å². The van der Waals surface area contributed by atoms with E-state index in [4.69, 9.17) is 0 Å². The molecule has 0 bridgehead atoms. The molecule has 0 spiro atoms. The van der Waals surface area contributed by atoms with E-state index in [9.17, 15) is 4.79 Å². The quantitative estimate of drug-likeness (QED) is 0.844. The third-order valence-corrected chi connectivity index (χ3v) is 3.58. The lowest BCUT2D eigenvalue weighted by Gasteiger charge is -2.23. The highest BCUT2D eigenvalue weighted by Crippen LogP contribution is 2.18. The van der Waals surface area contributed by atoms with Crippen molar-refractivity contribution in [2.45, 2.75) is 19.9 Å². The molecule has 0 saturated heterocycles. The molecular formula is C15H17N3O. The number of fused-ring (bicyclic) bond motifs is 1. The van der Waals surface area contributed by atoms with Crippen LogP contribution >= 0.6 is 0 Å². The standard InChI is InChI=1S/C15H17N3O/c1-10-3-5-11(6-4-10)14-16-13-7-8-18(2)9-12(13)15(19)17-14/h3-6H,7-9H2,1-2H3,(H,16,17,19). The maximum Gasteiger partial charge on any atom is 0.255 e. The minimum Gasteiger partial charge on any atom is -0.306 e. The Bertz CT molecular complexity index is 658. The van der Waals surface area contributed by atoms with Gasteiger partial charge in [-0.15, -0.1) is 0 Å². The molecule has 1 aliphatic rings. The van der Waals surface area contributed by atoms with Crippen molar-refractivity contribution in [1.29, 1.82) is 0 Å². The molecule has 0 amide bonds. The van der Waals surface area contributed by atoms with Gasteiger partial charge in [-0.2, -0.15) is 0 Å². The predicted octanol–water partition coefficient (Wildman–Crippen LogP) is 1.73. The fourth-order valence-corrected chi connectivity index (χ4v) is 2.41. The van der Waals surface area contributed by atoms with Crippen molar-refractivity contribution in [1.82, 2.24) is 14.9 Å². The molecule has 0 aliphatic carbocycles. The Balaban J connectivity index is 2.07. The average Bonchev–Trinajstić information content (AvgIpc) is 2.40. The number of benzene rings is 1. The van der Waals surface area contributed by atoms with E-state index < -0.39 is 0 Å². The van der Waals surface area contributed by atoms with Gasteiger partial charge in [0.1, 0.15) is 5.82 Å². The number of hydrogen-bond donors (Lipinski definition) is 1. The van der Waals surface area contributed by atoms with E-state index in [0.717, 1.165) is 29.8 Å². The predicted molar refractivity (Wildman–Crippen MR) is 75.1 cm³/mol. The van der Waals surface area contributed by atoms with Crippen LogP contribution in [0.5, 0.6) is 0 Å². The van der Waals surface area contributed by atoms with Gasteiger partial charge in [0.25, 0.3) is 5.56 Å². The smallest absolute Gasteiger partial charge is 0.255 e. The maximum atomic E-state index is 12.1. The first kappa shape index (κ1) is 12.1. The van der Waals surface area contributed by atoms with Crippen molar-refractivity contribution < 1.29 is 0 Å². The zero-order valence-corrected chi connectivity index (χ0v) is 11.2. The second-order valence-electron chi connectivity index (χ2n) is 5.19. The molecule has 1 aromatic heterocycles. The van der Waals surface area contributed by atoms with E-state index >= 15 is 0 Å². The first-order valence-electron chi connectivity index (χ1n) is 6.51. The highest BCUT2D eigenvalue weighted by molar-refractivity contribution is 5.55. The molecule has 4 nitrogen and oxygen atoms in total. The van der Waals surface area contributed by atoms with E-state index in [0.29, 0.717) is 12.4 Å². The van der Waals surface area contributed by atoms with Gasteiger partial charge in [0.15, 0.2) is 0 Å². The van der Waals surface area contributed by atoms with Crippen LogP contribution in [0.25, 0.3) is 11.4 Å². The monoisotopic (exact) mass is 255 g/mol. The fraction of sp³-hybridized carbons (Fsp3) is 0.333. The van der Waals surface area contributed by atoms with E-state index in [-0.39, 0.29) is 5.56 Å². The number of nitrogens with one attached hydrogen (secondary N) is 1. The summed E-state index contributed by atoms with van der Waals surface area (Å²) in [6, 6.07) is 8.05. The minimum atomic E-state index is -0.00729. The average molecular weight is 255 g/mol.